The summed E-state index contributed by atoms with van der Waals surface area (Å²) in [6.45, 7) is 2.91. The van der Waals surface area contributed by atoms with E-state index in [1.807, 2.05) is 7.05 Å². The maximum Gasteiger partial charge on any atom is 0.573 e. The Morgan fingerprint density at radius 3 is 2.25 bits per heavy atom. The van der Waals surface area contributed by atoms with E-state index < -0.39 is 30.2 Å². The van der Waals surface area contributed by atoms with Crippen LogP contribution in [0.1, 0.15) is 30.1 Å². The van der Waals surface area contributed by atoms with Gasteiger partial charge in [-0.15, -0.1) is 13.2 Å². The number of aliphatic hydroxyl groups is 1. The van der Waals surface area contributed by atoms with Crippen molar-refractivity contribution in [2.45, 2.75) is 32.2 Å². The number of hydrogen-bond acceptors (Lipinski definition) is 6. The van der Waals surface area contributed by atoms with Crippen LogP contribution in [-0.2, 0) is 4.79 Å². The van der Waals surface area contributed by atoms with Crippen LogP contribution in [0.25, 0.3) is 0 Å². The molecule has 0 spiro atoms. The van der Waals surface area contributed by atoms with Gasteiger partial charge in [-0.3, -0.25) is 4.79 Å². The number of hydrogen-bond donors (Lipinski definition) is 4. The number of piperidine rings is 1. The number of nitrogens with one attached hydrogen (secondary N) is 2. The van der Waals surface area contributed by atoms with Crippen molar-refractivity contribution in [1.82, 2.24) is 4.90 Å². The number of likely N-dealkylation sites (tertiary alicyclic amines) is 1. The third-order valence-corrected chi connectivity index (χ3v) is 5.21. The highest BCUT2D eigenvalue weighted by molar-refractivity contribution is 6.03. The Kier molecular flexibility index (Phi) is 10.2. The van der Waals surface area contributed by atoms with Gasteiger partial charge in [0.25, 0.3) is 0 Å². The van der Waals surface area contributed by atoms with Gasteiger partial charge in [-0.25, -0.2) is 9.59 Å². The molecule has 2 amide bonds. The summed E-state index contributed by atoms with van der Waals surface area (Å²) >= 11 is 0. The Hall–Kier alpha value is -3.64. The Bertz CT molecular complexity index is 1050. The molecule has 36 heavy (non-hydrogen) atoms. The predicted octanol–water partition coefficient (Wildman–Crippen LogP) is 4.21. The topological polar surface area (TPSA) is 128 Å². The van der Waals surface area contributed by atoms with Crippen molar-refractivity contribution < 1.29 is 42.5 Å². The number of nitrogens with zero attached hydrogens (tertiary/aromatic N) is 1. The van der Waals surface area contributed by atoms with Gasteiger partial charge in [0.2, 0.25) is 0 Å². The molecule has 0 bridgehead atoms. The molecule has 1 heterocycles. The molecule has 9 nitrogen and oxygen atoms in total. The summed E-state index contributed by atoms with van der Waals surface area (Å²) in [4.78, 5) is 36.6. The Labute approximate surface area is 205 Å². The van der Waals surface area contributed by atoms with E-state index in [0.717, 1.165) is 32.0 Å². The molecular weight excluding hydrogens is 483 g/mol. The molecule has 1 atom stereocenters. The minimum absolute atomic E-state index is 0.0241. The van der Waals surface area contributed by atoms with Crippen LogP contribution in [0.4, 0.5) is 29.3 Å². The van der Waals surface area contributed by atoms with Gasteiger partial charge in [0.1, 0.15) is 6.10 Å². The molecule has 1 fully saturated rings. The number of aliphatic carboxylic acids is 1. The molecule has 0 aromatic heterocycles. The van der Waals surface area contributed by atoms with Crippen molar-refractivity contribution in [2.75, 3.05) is 30.8 Å². The molecule has 2 aromatic rings. The number of carboxylic acid groups (broad SMARTS) is 1. The third kappa shape index (κ3) is 9.55. The highest BCUT2D eigenvalue weighted by Crippen LogP contribution is 2.30. The summed E-state index contributed by atoms with van der Waals surface area (Å²) in [6.07, 6.45) is -4.55. The smallest absolute Gasteiger partial charge is 0.479 e. The Morgan fingerprint density at radius 2 is 1.67 bits per heavy atom. The number of carboxylic acids is 1. The highest BCUT2D eigenvalue weighted by atomic mass is 19.4. The average Bonchev–Trinajstić information content (AvgIpc) is 2.80. The fourth-order valence-electron chi connectivity index (χ4n) is 3.32. The number of amides is 2. The van der Waals surface area contributed by atoms with Crippen molar-refractivity contribution >= 4 is 29.2 Å². The number of Topliss-reactive ketones (excluding diaryl/α,β-unsaturated/α-hetero) is 1. The summed E-state index contributed by atoms with van der Waals surface area (Å²) in [7, 11) is 2.02. The quantitative estimate of drug-likeness (QED) is 0.428. The maximum atomic E-state index is 12.7. The SMILES string of the molecule is CC(O)C(=O)O.CN1CCC(C(=O)c2cccc(NC(=O)Nc3ccccc3OC(F)(F)F)c2)CC1. The molecule has 0 saturated carbocycles. The number of aliphatic hydroxyl groups excluding tert-OH is 1. The number of carbonyl (C=O) groups is 3. The van der Waals surface area contributed by atoms with Crippen LogP contribution in [0, 0.1) is 5.92 Å². The number of anilines is 2. The number of alkyl halides is 3. The monoisotopic (exact) mass is 511 g/mol. The Morgan fingerprint density at radius 1 is 1.06 bits per heavy atom. The molecule has 1 aliphatic rings. The van der Waals surface area contributed by atoms with Crippen molar-refractivity contribution in [1.29, 1.82) is 0 Å². The number of rotatable bonds is 6. The van der Waals surface area contributed by atoms with E-state index >= 15 is 0 Å². The normalized spacial score (nSPS) is 15.2. The lowest BCUT2D eigenvalue weighted by atomic mass is 9.89. The molecular formula is C24H28F3N3O6. The van der Waals surface area contributed by atoms with Crippen LogP contribution < -0.4 is 15.4 Å². The number of urea groups is 1. The van der Waals surface area contributed by atoms with E-state index in [2.05, 4.69) is 20.3 Å². The van der Waals surface area contributed by atoms with Crippen molar-refractivity contribution in [2.24, 2.45) is 5.92 Å². The van der Waals surface area contributed by atoms with Crippen molar-refractivity contribution in [3.8, 4) is 5.75 Å². The molecule has 1 unspecified atom stereocenters. The Balaban J connectivity index is 0.000000678. The molecule has 1 aliphatic heterocycles. The molecule has 196 valence electrons. The van der Waals surface area contributed by atoms with Crippen LogP contribution in [0.3, 0.4) is 0 Å². The molecule has 2 aromatic carbocycles. The van der Waals surface area contributed by atoms with E-state index in [1.165, 1.54) is 25.1 Å². The van der Waals surface area contributed by atoms with Gasteiger partial charge in [-0.2, -0.15) is 0 Å². The molecule has 1 saturated heterocycles. The zero-order chi connectivity index (χ0) is 26.9. The number of para-hydroxylation sites is 2. The lowest BCUT2D eigenvalue weighted by Gasteiger charge is -2.28. The molecule has 0 aliphatic carbocycles. The predicted molar refractivity (Wildman–Crippen MR) is 126 cm³/mol. The second kappa shape index (κ2) is 12.9. The first kappa shape index (κ1) is 28.6. The van der Waals surface area contributed by atoms with E-state index in [1.54, 1.807) is 24.3 Å². The number of ether oxygens (including phenoxy) is 1. The first-order chi connectivity index (χ1) is 16.9. The number of benzene rings is 2. The molecule has 4 N–H and O–H groups in total. The fraction of sp³-hybridized carbons (Fsp3) is 0.375. The summed E-state index contributed by atoms with van der Waals surface area (Å²) in [5.41, 5.74) is 0.717. The summed E-state index contributed by atoms with van der Waals surface area (Å²) < 4.78 is 41.5. The van der Waals surface area contributed by atoms with Gasteiger partial charge >= 0.3 is 18.4 Å². The van der Waals surface area contributed by atoms with Gasteiger partial charge in [0.15, 0.2) is 11.5 Å². The van der Waals surface area contributed by atoms with Crippen LogP contribution in [-0.4, -0.2) is 65.5 Å². The standard InChI is InChI=1S/C21H22F3N3O3.C3H6O3/c1-27-11-9-14(10-12-27)19(28)15-5-4-6-16(13-15)25-20(29)26-17-7-2-3-8-18(17)30-21(22,23)24;1-2(4)3(5)6/h2-8,13-14H,9-12H2,1H3,(H2,25,26,29);2,4H,1H3,(H,5,6). The second-order valence-corrected chi connectivity index (χ2v) is 8.16. The van der Waals surface area contributed by atoms with Gasteiger partial charge in [-0.1, -0.05) is 24.3 Å². The van der Waals surface area contributed by atoms with Crippen molar-refractivity contribution in [3.63, 3.8) is 0 Å². The van der Waals surface area contributed by atoms with Gasteiger partial charge in [-0.05, 0) is 64.2 Å². The number of carbonyl (C=O) groups excluding carboxylic acids is 2. The zero-order valence-corrected chi connectivity index (χ0v) is 19.7. The minimum Gasteiger partial charge on any atom is -0.479 e. The summed E-state index contributed by atoms with van der Waals surface area (Å²) in [6, 6.07) is 11.0. The highest BCUT2D eigenvalue weighted by Gasteiger charge is 2.32. The first-order valence-corrected chi connectivity index (χ1v) is 11.0. The largest absolute Gasteiger partial charge is 0.573 e. The van der Waals surface area contributed by atoms with Crippen LogP contribution in [0.15, 0.2) is 48.5 Å². The third-order valence-electron chi connectivity index (χ3n) is 5.21. The van der Waals surface area contributed by atoms with E-state index in [0.29, 0.717) is 11.3 Å². The van der Waals surface area contributed by atoms with Crippen LogP contribution >= 0.6 is 0 Å². The first-order valence-electron chi connectivity index (χ1n) is 11.0. The summed E-state index contributed by atoms with van der Waals surface area (Å²) in [5.74, 6) is -1.74. The van der Waals surface area contributed by atoms with Gasteiger partial charge in [0.05, 0.1) is 5.69 Å². The van der Waals surface area contributed by atoms with Crippen molar-refractivity contribution in [3.05, 3.63) is 54.1 Å². The van der Waals surface area contributed by atoms with Crippen LogP contribution in [0.2, 0.25) is 0 Å². The zero-order valence-electron chi connectivity index (χ0n) is 19.7. The van der Waals surface area contributed by atoms with Crippen LogP contribution in [0.5, 0.6) is 5.75 Å². The lowest BCUT2D eigenvalue weighted by molar-refractivity contribution is -0.274. The molecule has 3 rings (SSSR count). The summed E-state index contributed by atoms with van der Waals surface area (Å²) in [5, 5.41) is 20.6. The molecule has 0 radical (unpaired) electrons. The fourth-order valence-corrected chi connectivity index (χ4v) is 3.32. The molecule has 12 heteroatoms. The van der Waals surface area contributed by atoms with E-state index in [4.69, 9.17) is 10.2 Å². The number of ketones is 1. The van der Waals surface area contributed by atoms with E-state index in [-0.39, 0.29) is 17.4 Å². The lowest BCUT2D eigenvalue weighted by Crippen LogP contribution is -2.33. The average molecular weight is 511 g/mol. The second-order valence-electron chi connectivity index (χ2n) is 8.16. The minimum atomic E-state index is -4.88. The van der Waals surface area contributed by atoms with Gasteiger partial charge in [0, 0.05) is 17.2 Å². The number of halogens is 3. The van der Waals surface area contributed by atoms with E-state index in [9.17, 15) is 27.6 Å². The maximum absolute atomic E-state index is 12.7. The van der Waals surface area contributed by atoms with Gasteiger partial charge < -0.3 is 30.5 Å².